The van der Waals surface area contributed by atoms with Gasteiger partial charge < -0.3 is 15.3 Å². The summed E-state index contributed by atoms with van der Waals surface area (Å²) in [5, 5.41) is 29.9. The van der Waals surface area contributed by atoms with Gasteiger partial charge in [-0.15, -0.1) is 0 Å². The van der Waals surface area contributed by atoms with Crippen molar-refractivity contribution in [2.24, 2.45) is 11.3 Å². The lowest BCUT2D eigenvalue weighted by Crippen LogP contribution is -2.31. The van der Waals surface area contributed by atoms with Crippen molar-refractivity contribution < 1.29 is 15.3 Å². The molecule has 0 aliphatic heterocycles. The number of fused-ring (bicyclic) bond motifs is 1. The average Bonchev–Trinajstić information content (AvgIpc) is 2.99. The molecule has 0 amide bonds. The maximum absolute atomic E-state index is 10.1. The summed E-state index contributed by atoms with van der Waals surface area (Å²) in [6.45, 7) is 10.1. The molecule has 0 aromatic carbocycles. The van der Waals surface area contributed by atoms with Gasteiger partial charge in [-0.3, -0.25) is 0 Å². The van der Waals surface area contributed by atoms with Crippen LogP contribution in [0.15, 0.2) is 59.3 Å². The number of hydrogen-bond acceptors (Lipinski definition) is 4. The van der Waals surface area contributed by atoms with Crippen LogP contribution in [-0.2, 0) is 0 Å². The molecule has 3 N–H and O–H groups in total. The maximum atomic E-state index is 10.1. The summed E-state index contributed by atoms with van der Waals surface area (Å²) in [5.74, 6) is 2.52. The Bertz CT molecular complexity index is 768. The summed E-state index contributed by atoms with van der Waals surface area (Å²) in [6, 6.07) is 0. The van der Waals surface area contributed by atoms with Crippen LogP contribution in [0.4, 0.5) is 0 Å². The number of aliphatic hydroxyl groups is 3. The molecule has 0 unspecified atom stereocenters. The van der Waals surface area contributed by atoms with Crippen LogP contribution in [0.2, 0.25) is 0 Å². The van der Waals surface area contributed by atoms with Crippen molar-refractivity contribution in [2.75, 3.05) is 11.5 Å². The molecule has 30 heavy (non-hydrogen) atoms. The summed E-state index contributed by atoms with van der Waals surface area (Å²) in [5.41, 5.74) is 4.31. The van der Waals surface area contributed by atoms with Crippen molar-refractivity contribution in [3.8, 4) is 0 Å². The number of thioether (sulfide) groups is 1. The van der Waals surface area contributed by atoms with Gasteiger partial charge in [-0.2, -0.15) is 11.8 Å². The van der Waals surface area contributed by atoms with E-state index in [9.17, 15) is 15.3 Å². The Hall–Kier alpha value is -1.07. The molecule has 2 saturated carbocycles. The Morgan fingerprint density at radius 2 is 2.07 bits per heavy atom. The molecule has 4 atom stereocenters. The van der Waals surface area contributed by atoms with E-state index in [2.05, 4.69) is 37.8 Å². The van der Waals surface area contributed by atoms with Crippen LogP contribution < -0.4 is 0 Å². The third-order valence-electron chi connectivity index (χ3n) is 6.97. The van der Waals surface area contributed by atoms with E-state index in [1.807, 2.05) is 17.8 Å². The van der Waals surface area contributed by atoms with E-state index < -0.39 is 17.8 Å². The van der Waals surface area contributed by atoms with E-state index in [4.69, 9.17) is 0 Å². The second-order valence-electron chi connectivity index (χ2n) is 9.93. The Morgan fingerprint density at radius 3 is 2.80 bits per heavy atom. The van der Waals surface area contributed by atoms with Crippen LogP contribution in [0.25, 0.3) is 0 Å². The van der Waals surface area contributed by atoms with E-state index in [0.29, 0.717) is 18.8 Å². The lowest BCUT2D eigenvalue weighted by molar-refractivity contribution is 0.0862. The molecule has 0 spiro atoms. The number of hydrogen-bond donors (Lipinski definition) is 3. The molecule has 3 aliphatic rings. The van der Waals surface area contributed by atoms with Gasteiger partial charge in [-0.1, -0.05) is 55.0 Å². The first-order valence-corrected chi connectivity index (χ1v) is 12.4. The number of rotatable bonds is 6. The quantitative estimate of drug-likeness (QED) is 0.405. The van der Waals surface area contributed by atoms with Crippen molar-refractivity contribution in [1.29, 1.82) is 0 Å². The Kier molecular flexibility index (Phi) is 7.55. The Labute approximate surface area is 186 Å². The van der Waals surface area contributed by atoms with Crippen molar-refractivity contribution in [2.45, 2.75) is 77.1 Å². The lowest BCUT2D eigenvalue weighted by Gasteiger charge is -2.41. The largest absolute Gasteiger partial charge is 0.393 e. The van der Waals surface area contributed by atoms with Gasteiger partial charge in [0.1, 0.15) is 0 Å². The van der Waals surface area contributed by atoms with Crippen molar-refractivity contribution in [3.63, 3.8) is 0 Å². The molecule has 3 rings (SSSR count). The van der Waals surface area contributed by atoms with E-state index in [0.717, 1.165) is 35.5 Å². The van der Waals surface area contributed by atoms with E-state index in [1.54, 1.807) is 19.4 Å². The van der Waals surface area contributed by atoms with Gasteiger partial charge in [0.05, 0.1) is 17.8 Å². The van der Waals surface area contributed by atoms with Gasteiger partial charge in [0, 0.05) is 17.9 Å². The van der Waals surface area contributed by atoms with Gasteiger partial charge in [0.15, 0.2) is 0 Å². The predicted molar refractivity (Wildman–Crippen MR) is 127 cm³/mol. The van der Waals surface area contributed by atoms with E-state index in [-0.39, 0.29) is 5.41 Å². The summed E-state index contributed by atoms with van der Waals surface area (Å²) < 4.78 is 0. The predicted octanol–water partition coefficient (Wildman–Crippen LogP) is 5.11. The first kappa shape index (κ1) is 23.6. The molecule has 2 fully saturated rings. The van der Waals surface area contributed by atoms with Crippen molar-refractivity contribution in [1.82, 2.24) is 0 Å². The van der Waals surface area contributed by atoms with Crippen LogP contribution in [0.5, 0.6) is 0 Å². The summed E-state index contributed by atoms with van der Waals surface area (Å²) in [4.78, 5) is 0. The first-order valence-electron chi connectivity index (χ1n) is 11.2. The van der Waals surface area contributed by atoms with Gasteiger partial charge in [0.2, 0.25) is 0 Å². The molecule has 0 aromatic rings. The number of aliphatic hydroxyl groups excluding tert-OH is 2. The molecule has 166 valence electrons. The summed E-state index contributed by atoms with van der Waals surface area (Å²) in [6.07, 6.45) is 15.3. The van der Waals surface area contributed by atoms with Gasteiger partial charge in [-0.05, 0) is 68.4 Å². The fourth-order valence-corrected chi connectivity index (χ4v) is 6.19. The Morgan fingerprint density at radius 1 is 1.30 bits per heavy atom. The molecule has 0 bridgehead atoms. The third-order valence-corrected chi connectivity index (χ3v) is 7.92. The van der Waals surface area contributed by atoms with Crippen molar-refractivity contribution >= 4 is 11.8 Å². The highest BCUT2D eigenvalue weighted by Gasteiger charge is 2.44. The van der Waals surface area contributed by atoms with Gasteiger partial charge in [-0.25, -0.2) is 0 Å². The minimum atomic E-state index is -0.739. The SMILES string of the molecule is C=C1C(=CC=C2CCC[C@]3(C)C(CSC/C=C\C(C)(C)O)=CC[C@@H]23)C[C@@H](O)C[C@@H]1O. The highest BCUT2D eigenvalue weighted by Crippen LogP contribution is 2.55. The Balaban J connectivity index is 1.65. The molecule has 0 saturated heterocycles. The summed E-state index contributed by atoms with van der Waals surface area (Å²) in [7, 11) is 0. The second-order valence-corrected chi connectivity index (χ2v) is 11.0. The van der Waals surface area contributed by atoms with E-state index in [1.165, 1.54) is 18.4 Å². The molecule has 4 heteroatoms. The average molecular weight is 431 g/mol. The zero-order chi connectivity index (χ0) is 21.9. The minimum Gasteiger partial charge on any atom is -0.393 e. The lowest BCUT2D eigenvalue weighted by atomic mass is 9.64. The molecular weight excluding hydrogens is 392 g/mol. The molecule has 0 aromatic heterocycles. The smallest absolute Gasteiger partial charge is 0.0811 e. The van der Waals surface area contributed by atoms with Crippen molar-refractivity contribution in [3.05, 3.63) is 59.3 Å². The van der Waals surface area contributed by atoms with Crippen LogP contribution in [0.3, 0.4) is 0 Å². The molecule has 0 heterocycles. The first-order chi connectivity index (χ1) is 14.1. The third kappa shape index (κ3) is 5.59. The number of allylic oxidation sites excluding steroid dienone is 4. The fraction of sp³-hybridized carbons (Fsp3) is 0.615. The standard InChI is InChI=1S/C26H38O3S/c1-18-20(15-22(27)16-24(18)28)9-8-19-7-5-13-26(4)21(10-11-23(19)26)17-30-14-6-12-25(2,3)29/h6,8-10,12,22-24,27-29H,1,5,7,11,13-17H2,2-4H3/b12-6-,19-8?,20-9?/t22-,23+,24+,26-/m1/s1. The van der Waals surface area contributed by atoms with Crippen LogP contribution in [0, 0.1) is 11.3 Å². The minimum absolute atomic E-state index is 0.234. The maximum Gasteiger partial charge on any atom is 0.0811 e. The fourth-order valence-electron chi connectivity index (χ4n) is 5.17. The van der Waals surface area contributed by atoms with Crippen LogP contribution in [-0.4, -0.2) is 44.6 Å². The van der Waals surface area contributed by atoms with E-state index >= 15 is 0 Å². The van der Waals surface area contributed by atoms with Gasteiger partial charge in [0.25, 0.3) is 0 Å². The summed E-state index contributed by atoms with van der Waals surface area (Å²) >= 11 is 1.92. The highest BCUT2D eigenvalue weighted by atomic mass is 32.2. The molecular formula is C26H38O3S. The zero-order valence-electron chi connectivity index (χ0n) is 18.7. The van der Waals surface area contributed by atoms with Crippen LogP contribution >= 0.6 is 11.8 Å². The molecule has 3 aliphatic carbocycles. The topological polar surface area (TPSA) is 60.7 Å². The monoisotopic (exact) mass is 430 g/mol. The second kappa shape index (κ2) is 9.60. The van der Waals surface area contributed by atoms with Gasteiger partial charge >= 0.3 is 0 Å². The molecule has 3 nitrogen and oxygen atoms in total. The zero-order valence-corrected chi connectivity index (χ0v) is 19.5. The highest BCUT2D eigenvalue weighted by molar-refractivity contribution is 7.99. The normalized spacial score (nSPS) is 35.3. The molecule has 0 radical (unpaired) electrons. The van der Waals surface area contributed by atoms with Crippen LogP contribution in [0.1, 0.15) is 59.3 Å².